The third-order valence-corrected chi connectivity index (χ3v) is 3.68. The summed E-state index contributed by atoms with van der Waals surface area (Å²) in [4.78, 5) is 37.4. The fourth-order valence-electron chi connectivity index (χ4n) is 2.34. The third kappa shape index (κ3) is 4.30. The van der Waals surface area contributed by atoms with Gasteiger partial charge < -0.3 is 15.5 Å². The van der Waals surface area contributed by atoms with Crippen molar-refractivity contribution in [1.82, 2.24) is 9.80 Å². The topological polar surface area (TPSA) is 108 Å². The van der Waals surface area contributed by atoms with Crippen molar-refractivity contribution >= 4 is 17.7 Å². The number of nitrogens with zero attached hydrogens (tertiary/aromatic N) is 3. The minimum absolute atomic E-state index is 0.111. The normalized spacial score (nSPS) is 14.2. The third-order valence-electron chi connectivity index (χ3n) is 3.68. The van der Waals surface area contributed by atoms with E-state index in [1.165, 1.54) is 4.90 Å². The van der Waals surface area contributed by atoms with E-state index in [9.17, 15) is 14.4 Å². The van der Waals surface area contributed by atoms with Crippen molar-refractivity contribution in [3.8, 4) is 6.07 Å². The van der Waals surface area contributed by atoms with Gasteiger partial charge in [-0.05, 0) is 24.1 Å². The van der Waals surface area contributed by atoms with Gasteiger partial charge in [-0.15, -0.1) is 0 Å². The lowest BCUT2D eigenvalue weighted by atomic mass is 10.1. The van der Waals surface area contributed by atoms with E-state index in [0.717, 1.165) is 5.56 Å². The molecule has 0 saturated carbocycles. The highest BCUT2D eigenvalue weighted by molar-refractivity contribution is 6.34. The van der Waals surface area contributed by atoms with Crippen molar-refractivity contribution in [1.29, 1.82) is 5.26 Å². The van der Waals surface area contributed by atoms with Crippen LogP contribution in [0.5, 0.6) is 0 Å². The lowest BCUT2D eigenvalue weighted by Crippen LogP contribution is -2.53. The Bertz CT molecular complexity index is 640. The molecule has 119 valence electrons. The second-order valence-electron chi connectivity index (χ2n) is 5.20. The average Bonchev–Trinajstić information content (AvgIpc) is 2.59. The highest BCUT2D eigenvalue weighted by Gasteiger charge is 2.26. The Morgan fingerprint density at radius 2 is 1.65 bits per heavy atom. The molecule has 1 aliphatic rings. The molecule has 1 aliphatic heterocycles. The molecule has 7 nitrogen and oxygen atoms in total. The molecule has 0 atom stereocenters. The molecule has 1 heterocycles. The number of piperazine rings is 1. The Hall–Kier alpha value is -2.88. The molecule has 1 saturated heterocycles. The molecule has 0 unspecified atom stereocenters. The molecule has 0 bridgehead atoms. The van der Waals surface area contributed by atoms with Crippen LogP contribution in [0.15, 0.2) is 24.3 Å². The van der Waals surface area contributed by atoms with Gasteiger partial charge in [0, 0.05) is 26.2 Å². The van der Waals surface area contributed by atoms with Gasteiger partial charge in [0.1, 0.15) is 0 Å². The molecular weight excluding hydrogens is 296 g/mol. The van der Waals surface area contributed by atoms with Gasteiger partial charge >= 0.3 is 11.8 Å². The number of rotatable bonds is 3. The van der Waals surface area contributed by atoms with Crippen LogP contribution in [0.2, 0.25) is 0 Å². The zero-order chi connectivity index (χ0) is 16.8. The number of primary amides is 1. The first-order chi connectivity index (χ1) is 11.0. The highest BCUT2D eigenvalue weighted by atomic mass is 16.2. The first kappa shape index (κ1) is 16.5. The number of nitriles is 1. The van der Waals surface area contributed by atoms with Crippen LogP contribution >= 0.6 is 0 Å². The minimum Gasteiger partial charge on any atom is -0.361 e. The Morgan fingerprint density at radius 1 is 1.09 bits per heavy atom. The molecule has 3 amide bonds. The van der Waals surface area contributed by atoms with Crippen molar-refractivity contribution in [3.05, 3.63) is 41.8 Å². The van der Waals surface area contributed by atoms with E-state index in [1.807, 2.05) is 18.2 Å². The Kier molecular flexibility index (Phi) is 5.31. The van der Waals surface area contributed by atoms with Gasteiger partial charge in [0.05, 0.1) is 18.1 Å². The molecule has 0 spiro atoms. The smallest absolute Gasteiger partial charge is 0.311 e. The molecule has 2 rings (SSSR count). The van der Waals surface area contributed by atoms with Crippen LogP contribution in [0.25, 0.3) is 0 Å². The van der Waals surface area contributed by atoms with Crippen molar-refractivity contribution < 1.29 is 14.4 Å². The van der Waals surface area contributed by atoms with Crippen LogP contribution < -0.4 is 5.73 Å². The SMILES string of the molecule is N#Cc1ccc(C[CH]C(=O)N2CCN(C(=O)C(N)=O)CC2)cc1. The Morgan fingerprint density at radius 3 is 2.17 bits per heavy atom. The predicted octanol–water partition coefficient (Wildman–Crippen LogP) is -0.539. The van der Waals surface area contributed by atoms with Gasteiger partial charge in [-0.2, -0.15) is 5.26 Å². The molecule has 1 aromatic carbocycles. The van der Waals surface area contributed by atoms with Gasteiger partial charge in [-0.3, -0.25) is 14.4 Å². The number of nitrogens with two attached hydrogens (primary N) is 1. The summed E-state index contributed by atoms with van der Waals surface area (Å²) in [6, 6.07) is 9.08. The number of benzene rings is 1. The monoisotopic (exact) mass is 313 g/mol. The van der Waals surface area contributed by atoms with E-state index in [0.29, 0.717) is 38.2 Å². The van der Waals surface area contributed by atoms with Gasteiger partial charge in [0.15, 0.2) is 0 Å². The van der Waals surface area contributed by atoms with E-state index < -0.39 is 11.8 Å². The van der Waals surface area contributed by atoms with Crippen molar-refractivity contribution in [3.63, 3.8) is 0 Å². The maximum Gasteiger partial charge on any atom is 0.311 e. The van der Waals surface area contributed by atoms with E-state index in [-0.39, 0.29) is 5.91 Å². The van der Waals surface area contributed by atoms with Gasteiger partial charge in [0.2, 0.25) is 5.91 Å². The summed E-state index contributed by atoms with van der Waals surface area (Å²) < 4.78 is 0. The maximum atomic E-state index is 12.1. The fraction of sp³-hybridized carbons (Fsp3) is 0.312. The maximum absolute atomic E-state index is 12.1. The number of carbonyl (C=O) groups excluding carboxylic acids is 3. The van der Waals surface area contributed by atoms with Crippen LogP contribution in [0.3, 0.4) is 0 Å². The molecular formula is C16H17N4O3. The van der Waals surface area contributed by atoms with E-state index >= 15 is 0 Å². The van der Waals surface area contributed by atoms with E-state index in [1.54, 1.807) is 23.5 Å². The molecule has 1 aromatic rings. The van der Waals surface area contributed by atoms with Crippen LogP contribution in [0, 0.1) is 17.8 Å². The largest absolute Gasteiger partial charge is 0.361 e. The first-order valence-corrected chi connectivity index (χ1v) is 7.21. The van der Waals surface area contributed by atoms with Crippen molar-refractivity contribution in [2.45, 2.75) is 6.42 Å². The van der Waals surface area contributed by atoms with Crippen molar-refractivity contribution in [2.24, 2.45) is 5.73 Å². The quantitative estimate of drug-likeness (QED) is 0.756. The number of carbonyl (C=O) groups is 3. The van der Waals surface area contributed by atoms with Gasteiger partial charge in [-0.25, -0.2) is 0 Å². The highest BCUT2D eigenvalue weighted by Crippen LogP contribution is 2.09. The number of amides is 3. The zero-order valence-electron chi connectivity index (χ0n) is 12.6. The lowest BCUT2D eigenvalue weighted by Gasteiger charge is -2.34. The number of hydrogen-bond donors (Lipinski definition) is 1. The van der Waals surface area contributed by atoms with Crippen LogP contribution in [-0.2, 0) is 20.8 Å². The van der Waals surface area contributed by atoms with Gasteiger partial charge in [-0.1, -0.05) is 12.1 Å². The van der Waals surface area contributed by atoms with Crippen LogP contribution in [0.1, 0.15) is 11.1 Å². The molecule has 1 fully saturated rings. The predicted molar refractivity (Wildman–Crippen MR) is 81.5 cm³/mol. The lowest BCUT2D eigenvalue weighted by molar-refractivity contribution is -0.146. The van der Waals surface area contributed by atoms with E-state index in [4.69, 9.17) is 11.0 Å². The molecule has 7 heteroatoms. The minimum atomic E-state index is -0.975. The Labute approximate surface area is 134 Å². The van der Waals surface area contributed by atoms with Gasteiger partial charge in [0.25, 0.3) is 0 Å². The van der Waals surface area contributed by atoms with Crippen LogP contribution in [0.4, 0.5) is 0 Å². The summed E-state index contributed by atoms with van der Waals surface area (Å²) in [6.07, 6.45) is 2.05. The van der Waals surface area contributed by atoms with E-state index in [2.05, 4.69) is 0 Å². The summed E-state index contributed by atoms with van der Waals surface area (Å²) in [6.45, 7) is 1.36. The summed E-state index contributed by atoms with van der Waals surface area (Å²) in [5, 5.41) is 8.74. The second-order valence-corrected chi connectivity index (χ2v) is 5.20. The standard InChI is InChI=1S/C16H17N4O3/c17-11-13-3-1-12(2-4-13)5-6-14(21)19-7-9-20(10-8-19)16(23)15(18)22/h1-4,6H,5,7-10H2,(H2,18,22). The molecule has 0 aliphatic carbocycles. The molecule has 23 heavy (non-hydrogen) atoms. The molecule has 2 N–H and O–H groups in total. The summed E-state index contributed by atoms with van der Waals surface area (Å²) in [7, 11) is 0. The average molecular weight is 313 g/mol. The first-order valence-electron chi connectivity index (χ1n) is 7.21. The van der Waals surface area contributed by atoms with Crippen molar-refractivity contribution in [2.75, 3.05) is 26.2 Å². The molecule has 1 radical (unpaired) electrons. The summed E-state index contributed by atoms with van der Waals surface area (Å²) in [5.74, 6) is -1.80. The second kappa shape index (κ2) is 7.40. The summed E-state index contributed by atoms with van der Waals surface area (Å²) in [5.41, 5.74) is 6.48. The summed E-state index contributed by atoms with van der Waals surface area (Å²) >= 11 is 0. The van der Waals surface area contributed by atoms with Crippen LogP contribution in [-0.4, -0.2) is 53.7 Å². The zero-order valence-corrected chi connectivity index (χ0v) is 12.6. The fourth-order valence-corrected chi connectivity index (χ4v) is 2.34. The Balaban J connectivity index is 1.80. The molecule has 0 aromatic heterocycles. The number of hydrogen-bond acceptors (Lipinski definition) is 4.